The third-order valence-corrected chi connectivity index (χ3v) is 2.20. The van der Waals surface area contributed by atoms with Crippen LogP contribution in [0.25, 0.3) is 0 Å². The van der Waals surface area contributed by atoms with E-state index in [1.807, 2.05) is 0 Å². The van der Waals surface area contributed by atoms with Crippen molar-refractivity contribution in [3.8, 4) is 0 Å². The predicted octanol–water partition coefficient (Wildman–Crippen LogP) is 2.33. The van der Waals surface area contributed by atoms with Crippen LogP contribution in [0.3, 0.4) is 0 Å². The quantitative estimate of drug-likeness (QED) is 0.883. The largest absolute Gasteiger partial charge is 0.450 e. The van der Waals surface area contributed by atoms with Gasteiger partial charge in [0, 0.05) is 19.0 Å². The molecule has 102 valence electrons. The molecule has 1 atom stereocenters. The summed E-state index contributed by atoms with van der Waals surface area (Å²) in [6, 6.07) is 3.17. The predicted molar refractivity (Wildman–Crippen MR) is 69.6 cm³/mol. The van der Waals surface area contributed by atoms with Crippen LogP contribution in [0.5, 0.6) is 0 Å². The molecule has 18 heavy (non-hydrogen) atoms. The fourth-order valence-electron chi connectivity index (χ4n) is 1.32. The molecular formula is C12H19ClN2O3. The van der Waals surface area contributed by atoms with Crippen LogP contribution in [0.1, 0.15) is 26.5 Å². The second-order valence-electron chi connectivity index (χ2n) is 5.05. The van der Waals surface area contributed by atoms with Crippen LogP contribution < -0.4 is 11.1 Å². The number of ether oxygens (including phenoxy) is 1. The van der Waals surface area contributed by atoms with Gasteiger partial charge in [-0.3, -0.25) is 0 Å². The number of furan rings is 1. The molecular weight excluding hydrogens is 256 g/mol. The van der Waals surface area contributed by atoms with Gasteiger partial charge in [0.25, 0.3) is 0 Å². The van der Waals surface area contributed by atoms with Crippen molar-refractivity contribution in [2.24, 2.45) is 5.73 Å². The summed E-state index contributed by atoms with van der Waals surface area (Å²) < 4.78 is 10.3. The Balaban J connectivity index is 2.29. The Morgan fingerprint density at radius 2 is 2.22 bits per heavy atom. The zero-order valence-corrected chi connectivity index (χ0v) is 11.6. The Hall–Kier alpha value is -1.20. The summed E-state index contributed by atoms with van der Waals surface area (Å²) in [5.41, 5.74) is 5.34. The number of halogens is 1. The van der Waals surface area contributed by atoms with Gasteiger partial charge in [-0.2, -0.15) is 0 Å². The molecule has 0 radical (unpaired) electrons. The van der Waals surface area contributed by atoms with Gasteiger partial charge in [-0.05, 0) is 44.5 Å². The standard InChI is InChI=1S/C12H19ClN2O3/c1-12(2,3)18-11(16)15-7-8(14)6-9-4-5-10(13)17-9/h4-5,8H,6-7,14H2,1-3H3,(H,15,16). The number of carbonyl (C=O) groups excluding carboxylic acids is 1. The molecule has 0 aromatic carbocycles. The SMILES string of the molecule is CC(C)(C)OC(=O)NCC(N)Cc1ccc(Cl)o1. The second-order valence-corrected chi connectivity index (χ2v) is 5.43. The minimum absolute atomic E-state index is 0.250. The van der Waals surface area contributed by atoms with Gasteiger partial charge in [-0.25, -0.2) is 4.79 Å². The molecule has 3 N–H and O–H groups in total. The highest BCUT2D eigenvalue weighted by Crippen LogP contribution is 2.14. The Bertz CT molecular complexity index is 398. The molecule has 1 aromatic rings. The highest BCUT2D eigenvalue weighted by Gasteiger charge is 2.16. The van der Waals surface area contributed by atoms with Crippen LogP contribution in [0, 0.1) is 0 Å². The van der Waals surface area contributed by atoms with Gasteiger partial charge < -0.3 is 20.2 Å². The molecule has 1 aromatic heterocycles. The third kappa shape index (κ3) is 5.93. The first-order valence-electron chi connectivity index (χ1n) is 5.73. The topological polar surface area (TPSA) is 77.5 Å². The number of nitrogens with one attached hydrogen (secondary N) is 1. The number of alkyl carbamates (subject to hydrolysis) is 1. The molecule has 5 nitrogen and oxygen atoms in total. The van der Waals surface area contributed by atoms with E-state index in [1.165, 1.54) is 0 Å². The lowest BCUT2D eigenvalue weighted by Gasteiger charge is -2.20. The van der Waals surface area contributed by atoms with E-state index in [0.29, 0.717) is 23.9 Å². The molecule has 0 saturated carbocycles. The molecule has 1 amide bonds. The number of hydrogen-bond acceptors (Lipinski definition) is 4. The average Bonchev–Trinajstić information content (AvgIpc) is 2.58. The number of nitrogens with two attached hydrogens (primary N) is 1. The number of rotatable bonds is 4. The van der Waals surface area contributed by atoms with Gasteiger partial charge in [0.15, 0.2) is 5.22 Å². The molecule has 1 unspecified atom stereocenters. The van der Waals surface area contributed by atoms with Crippen molar-refractivity contribution in [2.45, 2.75) is 38.8 Å². The van der Waals surface area contributed by atoms with Crippen LogP contribution in [-0.2, 0) is 11.2 Å². The second kappa shape index (κ2) is 6.11. The minimum atomic E-state index is -0.511. The lowest BCUT2D eigenvalue weighted by atomic mass is 10.2. The fourth-order valence-corrected chi connectivity index (χ4v) is 1.48. The summed E-state index contributed by atoms with van der Waals surface area (Å²) >= 11 is 5.65. The number of hydrogen-bond donors (Lipinski definition) is 2. The van der Waals surface area contributed by atoms with Crippen LogP contribution in [0.4, 0.5) is 4.79 Å². The van der Waals surface area contributed by atoms with Crippen molar-refractivity contribution < 1.29 is 13.9 Å². The van der Waals surface area contributed by atoms with E-state index in [0.717, 1.165) is 0 Å². The van der Waals surface area contributed by atoms with Crippen LogP contribution in [0.15, 0.2) is 16.5 Å². The first-order valence-corrected chi connectivity index (χ1v) is 6.11. The van der Waals surface area contributed by atoms with Crippen molar-refractivity contribution >= 4 is 17.7 Å². The van der Waals surface area contributed by atoms with Crippen molar-refractivity contribution in [3.63, 3.8) is 0 Å². The average molecular weight is 275 g/mol. The van der Waals surface area contributed by atoms with Gasteiger partial charge in [-0.15, -0.1) is 0 Å². The molecule has 0 spiro atoms. The Morgan fingerprint density at radius 1 is 1.56 bits per heavy atom. The molecule has 0 bridgehead atoms. The summed E-state index contributed by atoms with van der Waals surface area (Å²) in [4.78, 5) is 11.4. The Morgan fingerprint density at radius 3 is 2.72 bits per heavy atom. The van der Waals surface area contributed by atoms with Crippen molar-refractivity contribution in [3.05, 3.63) is 23.1 Å². The lowest BCUT2D eigenvalue weighted by molar-refractivity contribution is 0.0524. The first-order chi connectivity index (χ1) is 8.26. The summed E-state index contributed by atoms with van der Waals surface area (Å²) in [6.45, 7) is 5.72. The maximum Gasteiger partial charge on any atom is 0.407 e. The molecule has 6 heteroatoms. The first kappa shape index (κ1) is 14.9. The maximum absolute atomic E-state index is 11.4. The molecule has 0 aliphatic carbocycles. The number of carbonyl (C=O) groups is 1. The van der Waals surface area contributed by atoms with Crippen molar-refractivity contribution in [2.75, 3.05) is 6.54 Å². The highest BCUT2D eigenvalue weighted by atomic mass is 35.5. The number of amides is 1. The maximum atomic E-state index is 11.4. The monoisotopic (exact) mass is 274 g/mol. The van der Waals surface area contributed by atoms with E-state index in [2.05, 4.69) is 5.32 Å². The van der Waals surface area contributed by atoms with Gasteiger partial charge in [0.05, 0.1) is 0 Å². The fraction of sp³-hybridized carbons (Fsp3) is 0.583. The van der Waals surface area contributed by atoms with Crippen LogP contribution in [-0.4, -0.2) is 24.3 Å². The normalized spacial score (nSPS) is 13.2. The molecule has 1 heterocycles. The Kier molecular flexibility index (Phi) is 5.04. The summed E-state index contributed by atoms with van der Waals surface area (Å²) in [7, 11) is 0. The van der Waals surface area contributed by atoms with E-state index in [9.17, 15) is 4.79 Å². The molecule has 1 rings (SSSR count). The summed E-state index contributed by atoms with van der Waals surface area (Å²) in [6.07, 6.45) is 0.0260. The zero-order valence-electron chi connectivity index (χ0n) is 10.8. The Labute approximate surface area is 112 Å². The molecule has 0 saturated heterocycles. The van der Waals surface area contributed by atoms with E-state index in [1.54, 1.807) is 32.9 Å². The highest BCUT2D eigenvalue weighted by molar-refractivity contribution is 6.28. The van der Waals surface area contributed by atoms with Gasteiger partial charge >= 0.3 is 6.09 Å². The smallest absolute Gasteiger partial charge is 0.407 e. The molecule has 0 aliphatic rings. The van der Waals surface area contributed by atoms with Gasteiger partial charge in [-0.1, -0.05) is 0 Å². The van der Waals surface area contributed by atoms with Gasteiger partial charge in [0.2, 0.25) is 0 Å². The lowest BCUT2D eigenvalue weighted by Crippen LogP contribution is -2.41. The molecule has 0 aliphatic heterocycles. The minimum Gasteiger partial charge on any atom is -0.450 e. The molecule has 0 fully saturated rings. The van der Waals surface area contributed by atoms with E-state index in [-0.39, 0.29) is 6.04 Å². The van der Waals surface area contributed by atoms with Crippen LogP contribution in [0.2, 0.25) is 5.22 Å². The van der Waals surface area contributed by atoms with E-state index in [4.69, 9.17) is 26.5 Å². The summed E-state index contributed by atoms with van der Waals surface area (Å²) in [5.74, 6) is 0.693. The third-order valence-electron chi connectivity index (χ3n) is 2.00. The zero-order chi connectivity index (χ0) is 13.8. The summed E-state index contributed by atoms with van der Waals surface area (Å²) in [5, 5.41) is 2.94. The van der Waals surface area contributed by atoms with Gasteiger partial charge in [0.1, 0.15) is 11.4 Å². The van der Waals surface area contributed by atoms with Crippen molar-refractivity contribution in [1.29, 1.82) is 0 Å². The van der Waals surface area contributed by atoms with Crippen LogP contribution >= 0.6 is 11.6 Å². The van der Waals surface area contributed by atoms with E-state index >= 15 is 0 Å². The van der Waals surface area contributed by atoms with E-state index < -0.39 is 11.7 Å². The van der Waals surface area contributed by atoms with Crippen molar-refractivity contribution in [1.82, 2.24) is 5.32 Å².